The molecule has 200 valence electrons. The van der Waals surface area contributed by atoms with E-state index in [-0.39, 0.29) is 5.56 Å². The highest BCUT2D eigenvalue weighted by Crippen LogP contribution is 2.42. The van der Waals surface area contributed by atoms with Gasteiger partial charge in [0.15, 0.2) is 5.65 Å². The molecule has 6 rings (SSSR count). The van der Waals surface area contributed by atoms with Gasteiger partial charge < -0.3 is 19.2 Å². The molecule has 0 aliphatic carbocycles. The average Bonchev–Trinajstić information content (AvgIpc) is 3.36. The number of ether oxygens (including phenoxy) is 1. The molecule has 0 spiro atoms. The van der Waals surface area contributed by atoms with Crippen molar-refractivity contribution in [2.24, 2.45) is 5.92 Å². The Kier molecular flexibility index (Phi) is 6.60. The molecule has 0 saturated carbocycles. The fourth-order valence-corrected chi connectivity index (χ4v) is 7.30. The van der Waals surface area contributed by atoms with Gasteiger partial charge in [0.1, 0.15) is 18.1 Å². The number of H-pyrrole nitrogens is 1. The molecule has 2 fully saturated rings. The molecule has 9 heteroatoms. The molecule has 2 aliphatic rings. The molecule has 0 amide bonds. The number of aromatic amines is 1. The Labute approximate surface area is 229 Å². The van der Waals surface area contributed by atoms with Crippen molar-refractivity contribution >= 4 is 47.6 Å². The second-order valence-corrected chi connectivity index (χ2v) is 18.3. The molecule has 0 radical (unpaired) electrons. The summed E-state index contributed by atoms with van der Waals surface area (Å²) in [5.41, 5.74) is 3.76. The van der Waals surface area contributed by atoms with Crippen molar-refractivity contribution in [3.05, 3.63) is 52.0 Å². The van der Waals surface area contributed by atoms with Crippen LogP contribution in [0.2, 0.25) is 30.7 Å². The second-order valence-electron chi connectivity index (χ2n) is 12.3. The lowest BCUT2D eigenvalue weighted by atomic mass is 9.92. The first-order valence-corrected chi connectivity index (χ1v) is 17.8. The summed E-state index contributed by atoms with van der Waals surface area (Å²) in [4.78, 5) is 27.6. The quantitative estimate of drug-likeness (QED) is 0.206. The Morgan fingerprint density at radius 3 is 2.58 bits per heavy atom. The van der Waals surface area contributed by atoms with E-state index in [1.165, 1.54) is 31.7 Å². The van der Waals surface area contributed by atoms with Crippen LogP contribution in [-0.2, 0) is 11.5 Å². The van der Waals surface area contributed by atoms with Gasteiger partial charge >= 0.3 is 0 Å². The van der Waals surface area contributed by atoms with Gasteiger partial charge in [-0.3, -0.25) is 4.79 Å². The number of nitrogens with one attached hydrogen (secondary N) is 1. The summed E-state index contributed by atoms with van der Waals surface area (Å²) >= 11 is 6.89. The minimum atomic E-state index is -1.20. The third-order valence-corrected chi connectivity index (χ3v) is 10.2. The maximum Gasteiger partial charge on any atom is 0.248 e. The van der Waals surface area contributed by atoms with Crippen molar-refractivity contribution < 1.29 is 4.74 Å². The van der Waals surface area contributed by atoms with Crippen LogP contribution in [0.15, 0.2) is 41.5 Å². The number of pyridine rings is 1. The summed E-state index contributed by atoms with van der Waals surface area (Å²) in [7, 11) is -1.20. The number of benzene rings is 1. The maximum atomic E-state index is 12.0. The van der Waals surface area contributed by atoms with E-state index in [0.717, 1.165) is 52.1 Å². The third kappa shape index (κ3) is 4.78. The Morgan fingerprint density at radius 1 is 1.11 bits per heavy atom. The summed E-state index contributed by atoms with van der Waals surface area (Å²) in [5, 5.41) is 1.40. The highest BCUT2D eigenvalue weighted by atomic mass is 35.5. The highest BCUT2D eigenvalue weighted by molar-refractivity contribution is 6.76. The Morgan fingerprint density at radius 2 is 1.84 bits per heavy atom. The van der Waals surface area contributed by atoms with Gasteiger partial charge in [0, 0.05) is 50.2 Å². The number of fused-ring (bicyclic) bond motifs is 4. The largest absolute Gasteiger partial charge is 0.361 e. The van der Waals surface area contributed by atoms with Crippen LogP contribution in [0.3, 0.4) is 0 Å². The molecule has 4 aromatic rings. The molecule has 38 heavy (non-hydrogen) atoms. The van der Waals surface area contributed by atoms with Crippen LogP contribution in [0.4, 0.5) is 5.82 Å². The second kappa shape index (κ2) is 9.81. The number of hydrogen-bond donors (Lipinski definition) is 1. The van der Waals surface area contributed by atoms with Crippen LogP contribution in [0.1, 0.15) is 32.6 Å². The minimum Gasteiger partial charge on any atom is -0.361 e. The molecule has 2 saturated heterocycles. The fraction of sp³-hybridized carbons (Fsp3) is 0.483. The average molecular weight is 550 g/mol. The first kappa shape index (κ1) is 25.6. The third-order valence-electron chi connectivity index (χ3n) is 8.14. The molecule has 3 aromatic heterocycles. The van der Waals surface area contributed by atoms with Crippen molar-refractivity contribution in [1.29, 1.82) is 0 Å². The molecule has 2 aliphatic heterocycles. The molecule has 7 nitrogen and oxygen atoms in total. The minimum absolute atomic E-state index is 0.176. The van der Waals surface area contributed by atoms with E-state index in [0.29, 0.717) is 29.4 Å². The van der Waals surface area contributed by atoms with Crippen LogP contribution in [0.5, 0.6) is 0 Å². The number of nitrogens with zero attached hydrogens (tertiary/aromatic N) is 4. The molecular formula is C29H36ClN5O2Si. The zero-order chi connectivity index (χ0) is 26.6. The smallest absolute Gasteiger partial charge is 0.248 e. The van der Waals surface area contributed by atoms with Gasteiger partial charge in [-0.15, -0.1) is 0 Å². The van der Waals surface area contributed by atoms with Gasteiger partial charge in [0.05, 0.1) is 16.7 Å². The summed E-state index contributed by atoms with van der Waals surface area (Å²) in [6.07, 6.45) is 8.86. The first-order valence-electron chi connectivity index (χ1n) is 13.7. The van der Waals surface area contributed by atoms with Crippen molar-refractivity contribution in [1.82, 2.24) is 19.5 Å². The lowest BCUT2D eigenvalue weighted by Gasteiger charge is -2.38. The van der Waals surface area contributed by atoms with Crippen molar-refractivity contribution in [2.45, 2.75) is 77.1 Å². The summed E-state index contributed by atoms with van der Waals surface area (Å²) in [6, 6.07) is 9.47. The summed E-state index contributed by atoms with van der Waals surface area (Å²) < 4.78 is 8.22. The van der Waals surface area contributed by atoms with E-state index in [1.807, 2.05) is 24.5 Å². The topological polar surface area (TPSA) is 76.0 Å². The summed E-state index contributed by atoms with van der Waals surface area (Å²) in [6.45, 7) is 10.6. The Balaban J connectivity index is 1.43. The summed E-state index contributed by atoms with van der Waals surface area (Å²) in [5.74, 6) is 1.72. The van der Waals surface area contributed by atoms with Crippen LogP contribution in [0, 0.1) is 5.92 Å². The predicted octanol–water partition coefficient (Wildman–Crippen LogP) is 6.67. The Bertz CT molecular complexity index is 1540. The standard InChI is InChI=1S/C29H36ClN5O2Si/c1-18-13-20-7-8-21(14-18)35(20)24-15-31-28-23(16-34(29(28)32-24)17-37-11-12-38(2,3)4)22-9-5-19-6-10-25(36)33-27(19)26(22)30/h5-6,9-10,15-16,18,20-21H,7-8,11-14,17H2,1-4H3,(H,33,36)/t18?,20-,21+. The van der Waals surface area contributed by atoms with Gasteiger partial charge in [0.2, 0.25) is 5.56 Å². The SMILES string of the molecule is CC1C[C@H]2CC[C@@H](C1)N2c1cnc2c(-c3ccc4ccc(=O)[nH]c4c3Cl)cn(COCC[Si](C)(C)C)c2n1. The van der Waals surface area contributed by atoms with E-state index in [9.17, 15) is 4.79 Å². The monoisotopic (exact) mass is 549 g/mol. The van der Waals surface area contributed by atoms with Crippen LogP contribution < -0.4 is 10.5 Å². The molecule has 3 atom stereocenters. The number of anilines is 1. The van der Waals surface area contributed by atoms with E-state index < -0.39 is 8.07 Å². The van der Waals surface area contributed by atoms with Gasteiger partial charge in [-0.1, -0.05) is 50.3 Å². The molecule has 1 aromatic carbocycles. The van der Waals surface area contributed by atoms with E-state index in [1.54, 1.807) is 6.07 Å². The molecule has 2 bridgehead atoms. The molecule has 1 N–H and O–H groups in total. The number of piperidine rings is 1. The lowest BCUT2D eigenvalue weighted by Crippen LogP contribution is -2.43. The van der Waals surface area contributed by atoms with Gasteiger partial charge in [-0.05, 0) is 49.1 Å². The van der Waals surface area contributed by atoms with Gasteiger partial charge in [0.25, 0.3) is 0 Å². The van der Waals surface area contributed by atoms with Gasteiger partial charge in [-0.2, -0.15) is 0 Å². The number of aromatic nitrogens is 4. The number of hydrogen-bond acceptors (Lipinski definition) is 5. The molecular weight excluding hydrogens is 514 g/mol. The number of halogens is 1. The zero-order valence-electron chi connectivity index (χ0n) is 22.6. The van der Waals surface area contributed by atoms with E-state index >= 15 is 0 Å². The normalized spacial score (nSPS) is 21.6. The van der Waals surface area contributed by atoms with Gasteiger partial charge in [-0.25, -0.2) is 9.97 Å². The molecule has 1 unspecified atom stereocenters. The number of rotatable bonds is 7. The van der Waals surface area contributed by atoms with E-state index in [4.69, 9.17) is 26.3 Å². The predicted molar refractivity (Wildman–Crippen MR) is 158 cm³/mol. The van der Waals surface area contributed by atoms with Crippen molar-refractivity contribution in [2.75, 3.05) is 11.5 Å². The van der Waals surface area contributed by atoms with Crippen LogP contribution in [-0.4, -0.2) is 46.3 Å². The first-order chi connectivity index (χ1) is 18.2. The van der Waals surface area contributed by atoms with Crippen LogP contribution >= 0.6 is 11.6 Å². The van der Waals surface area contributed by atoms with Crippen molar-refractivity contribution in [3.8, 4) is 11.1 Å². The zero-order valence-corrected chi connectivity index (χ0v) is 24.4. The van der Waals surface area contributed by atoms with Crippen molar-refractivity contribution in [3.63, 3.8) is 0 Å². The molecule has 5 heterocycles. The van der Waals surface area contributed by atoms with Crippen LogP contribution in [0.25, 0.3) is 33.2 Å². The highest BCUT2D eigenvalue weighted by Gasteiger charge is 2.40. The fourth-order valence-electron chi connectivity index (χ4n) is 6.22. The van der Waals surface area contributed by atoms with E-state index in [2.05, 4.69) is 41.0 Å². The lowest BCUT2D eigenvalue weighted by molar-refractivity contribution is 0.0899. The maximum absolute atomic E-state index is 12.0. The Hall–Kier alpha value is -2.68.